The average molecular weight is 278 g/mol. The number of hydrogen-bond acceptors (Lipinski definition) is 3. The third-order valence-electron chi connectivity index (χ3n) is 4.97. The summed E-state index contributed by atoms with van der Waals surface area (Å²) in [5.74, 6) is 0. The van der Waals surface area contributed by atoms with E-state index in [1.165, 1.54) is 44.3 Å². The number of furan rings is 1. The summed E-state index contributed by atoms with van der Waals surface area (Å²) in [4.78, 5) is 2.72. The number of rotatable bonds is 8. The molecule has 0 saturated carbocycles. The van der Waals surface area contributed by atoms with E-state index in [1.807, 2.05) is 6.26 Å². The topological polar surface area (TPSA) is 28.4 Å². The van der Waals surface area contributed by atoms with Crippen molar-refractivity contribution < 1.29 is 4.42 Å². The van der Waals surface area contributed by atoms with Gasteiger partial charge in [-0.05, 0) is 57.8 Å². The van der Waals surface area contributed by atoms with Crippen LogP contribution in [0.15, 0.2) is 23.0 Å². The lowest BCUT2D eigenvalue weighted by Gasteiger charge is -2.47. The molecule has 1 unspecified atom stereocenters. The van der Waals surface area contributed by atoms with Gasteiger partial charge in [0.25, 0.3) is 0 Å². The summed E-state index contributed by atoms with van der Waals surface area (Å²) in [6.07, 6.45) is 9.92. The highest BCUT2D eigenvalue weighted by Crippen LogP contribution is 2.39. The molecule has 1 saturated heterocycles. The number of nitrogens with zero attached hydrogens (tertiary/aromatic N) is 1. The maximum Gasteiger partial charge on any atom is 0.0951 e. The van der Waals surface area contributed by atoms with E-state index >= 15 is 0 Å². The molecule has 0 aromatic carbocycles. The highest BCUT2D eigenvalue weighted by Gasteiger charge is 2.42. The van der Waals surface area contributed by atoms with Crippen LogP contribution in [-0.4, -0.2) is 30.1 Å². The highest BCUT2D eigenvalue weighted by atomic mass is 16.3. The summed E-state index contributed by atoms with van der Waals surface area (Å²) >= 11 is 0. The van der Waals surface area contributed by atoms with Crippen molar-refractivity contribution in [2.45, 2.75) is 64.5 Å². The Balaban J connectivity index is 2.30. The number of hydrogen-bond donors (Lipinski definition) is 1. The van der Waals surface area contributed by atoms with E-state index in [0.717, 1.165) is 13.0 Å². The minimum Gasteiger partial charge on any atom is -0.472 e. The van der Waals surface area contributed by atoms with Gasteiger partial charge in [-0.2, -0.15) is 0 Å². The molecule has 1 fully saturated rings. The molecule has 1 aromatic heterocycles. The maximum atomic E-state index is 5.36. The lowest BCUT2D eigenvalue weighted by molar-refractivity contribution is 0.0614. The first-order chi connectivity index (χ1) is 9.78. The second kappa shape index (κ2) is 7.28. The summed E-state index contributed by atoms with van der Waals surface area (Å²) in [6.45, 7) is 10.4. The normalized spacial score (nSPS) is 18.6. The molecule has 3 heteroatoms. The molecule has 2 heterocycles. The van der Waals surface area contributed by atoms with Crippen LogP contribution in [0.2, 0.25) is 0 Å². The molecule has 1 aliphatic heterocycles. The second-order valence-electron chi connectivity index (χ2n) is 5.95. The van der Waals surface area contributed by atoms with Crippen LogP contribution in [0, 0.1) is 0 Å². The SMILES string of the molecule is CCCNC(c1ccoc1)C(CC)(CC)N1CCCC1. The second-order valence-corrected chi connectivity index (χ2v) is 5.95. The summed E-state index contributed by atoms with van der Waals surface area (Å²) in [6, 6.07) is 2.50. The third kappa shape index (κ3) is 2.94. The summed E-state index contributed by atoms with van der Waals surface area (Å²) < 4.78 is 5.36. The standard InChI is InChI=1S/C17H30N2O/c1-4-10-18-16(15-9-13-20-14-15)17(5-2,6-3)19-11-7-8-12-19/h9,13-14,16,18H,4-8,10-12H2,1-3H3. The van der Waals surface area contributed by atoms with Crippen LogP contribution < -0.4 is 5.32 Å². The molecule has 3 nitrogen and oxygen atoms in total. The fourth-order valence-corrected chi connectivity index (χ4v) is 3.80. The van der Waals surface area contributed by atoms with Crippen molar-refractivity contribution in [3.8, 4) is 0 Å². The first-order valence-corrected chi connectivity index (χ1v) is 8.29. The Hall–Kier alpha value is -0.800. The van der Waals surface area contributed by atoms with E-state index < -0.39 is 0 Å². The monoisotopic (exact) mass is 278 g/mol. The smallest absolute Gasteiger partial charge is 0.0951 e. The van der Waals surface area contributed by atoms with Gasteiger partial charge in [0.15, 0.2) is 0 Å². The predicted octanol–water partition coefficient (Wildman–Crippen LogP) is 3.97. The molecule has 0 radical (unpaired) electrons. The molecule has 1 N–H and O–H groups in total. The number of nitrogens with one attached hydrogen (secondary N) is 1. The van der Waals surface area contributed by atoms with Gasteiger partial charge >= 0.3 is 0 Å². The molecule has 1 aliphatic rings. The van der Waals surface area contributed by atoms with Crippen LogP contribution in [0.1, 0.15) is 64.5 Å². The predicted molar refractivity (Wildman–Crippen MR) is 83.9 cm³/mol. The molecule has 0 amide bonds. The summed E-state index contributed by atoms with van der Waals surface area (Å²) in [5, 5.41) is 3.79. The van der Waals surface area contributed by atoms with Crippen molar-refractivity contribution in [1.82, 2.24) is 10.2 Å². The van der Waals surface area contributed by atoms with Crippen LogP contribution in [-0.2, 0) is 0 Å². The Morgan fingerprint density at radius 1 is 1.25 bits per heavy atom. The molecule has 1 atom stereocenters. The minimum absolute atomic E-state index is 0.218. The Bertz CT molecular complexity index is 364. The zero-order valence-corrected chi connectivity index (χ0v) is 13.3. The molecule has 1 aromatic rings. The van der Waals surface area contributed by atoms with Gasteiger partial charge in [-0.3, -0.25) is 4.90 Å². The van der Waals surface area contributed by atoms with Crippen LogP contribution in [0.4, 0.5) is 0 Å². The van der Waals surface area contributed by atoms with Crippen LogP contribution in [0.25, 0.3) is 0 Å². The van der Waals surface area contributed by atoms with Crippen molar-refractivity contribution in [3.05, 3.63) is 24.2 Å². The van der Waals surface area contributed by atoms with Gasteiger partial charge in [-0.15, -0.1) is 0 Å². The van der Waals surface area contributed by atoms with E-state index in [2.05, 4.69) is 37.1 Å². The van der Waals surface area contributed by atoms with Crippen molar-refractivity contribution in [2.75, 3.05) is 19.6 Å². The Morgan fingerprint density at radius 2 is 1.95 bits per heavy atom. The van der Waals surface area contributed by atoms with Gasteiger partial charge in [0.1, 0.15) is 0 Å². The van der Waals surface area contributed by atoms with Crippen molar-refractivity contribution >= 4 is 0 Å². The van der Waals surface area contributed by atoms with Crippen LogP contribution >= 0.6 is 0 Å². The lowest BCUT2D eigenvalue weighted by Crippen LogP contribution is -2.55. The Kier molecular flexibility index (Phi) is 5.67. The molecule has 2 rings (SSSR count). The highest BCUT2D eigenvalue weighted by molar-refractivity contribution is 5.19. The first-order valence-electron chi connectivity index (χ1n) is 8.29. The van der Waals surface area contributed by atoms with Crippen molar-refractivity contribution in [3.63, 3.8) is 0 Å². The fourth-order valence-electron chi connectivity index (χ4n) is 3.80. The van der Waals surface area contributed by atoms with Gasteiger partial charge < -0.3 is 9.73 Å². The van der Waals surface area contributed by atoms with Crippen molar-refractivity contribution in [1.29, 1.82) is 0 Å². The molecular formula is C17H30N2O. The zero-order valence-electron chi connectivity index (χ0n) is 13.3. The molecular weight excluding hydrogens is 248 g/mol. The van der Waals surface area contributed by atoms with E-state index in [9.17, 15) is 0 Å². The fraction of sp³-hybridized carbons (Fsp3) is 0.765. The van der Waals surface area contributed by atoms with E-state index in [-0.39, 0.29) is 5.54 Å². The molecule has 0 spiro atoms. The van der Waals surface area contributed by atoms with Gasteiger partial charge in [0.2, 0.25) is 0 Å². The molecule has 20 heavy (non-hydrogen) atoms. The van der Waals surface area contributed by atoms with Crippen molar-refractivity contribution in [2.24, 2.45) is 0 Å². The largest absolute Gasteiger partial charge is 0.472 e. The van der Waals surface area contributed by atoms with E-state index in [4.69, 9.17) is 4.42 Å². The molecule has 0 bridgehead atoms. The van der Waals surface area contributed by atoms with Crippen LogP contribution in [0.3, 0.4) is 0 Å². The first kappa shape index (κ1) is 15.6. The molecule has 0 aliphatic carbocycles. The minimum atomic E-state index is 0.218. The summed E-state index contributed by atoms with van der Waals surface area (Å²) in [7, 11) is 0. The quantitative estimate of drug-likeness (QED) is 0.780. The van der Waals surface area contributed by atoms with E-state index in [1.54, 1.807) is 6.26 Å². The Morgan fingerprint density at radius 3 is 2.45 bits per heavy atom. The summed E-state index contributed by atoms with van der Waals surface area (Å²) in [5.41, 5.74) is 1.52. The third-order valence-corrected chi connectivity index (χ3v) is 4.97. The zero-order chi connectivity index (χ0) is 14.4. The van der Waals surface area contributed by atoms with Gasteiger partial charge in [0, 0.05) is 11.1 Å². The Labute approximate surface area is 123 Å². The van der Waals surface area contributed by atoms with Gasteiger partial charge in [-0.1, -0.05) is 20.8 Å². The van der Waals surface area contributed by atoms with Crippen LogP contribution in [0.5, 0.6) is 0 Å². The maximum absolute atomic E-state index is 5.36. The number of likely N-dealkylation sites (tertiary alicyclic amines) is 1. The lowest BCUT2D eigenvalue weighted by atomic mass is 9.80. The van der Waals surface area contributed by atoms with E-state index in [0.29, 0.717) is 6.04 Å². The van der Waals surface area contributed by atoms with Gasteiger partial charge in [-0.25, -0.2) is 0 Å². The average Bonchev–Trinajstić information content (AvgIpc) is 3.16. The van der Waals surface area contributed by atoms with Gasteiger partial charge in [0.05, 0.1) is 18.6 Å². The molecule has 114 valence electrons.